The molecule has 0 aromatic heterocycles. The quantitative estimate of drug-likeness (QED) is 0.438. The summed E-state index contributed by atoms with van der Waals surface area (Å²) in [6, 6.07) is 0. The number of rotatable bonds is 1. The molecule has 3 aliphatic rings. The van der Waals surface area contributed by atoms with E-state index in [9.17, 15) is 4.79 Å². The monoisotopic (exact) mass is 351 g/mol. The predicted molar refractivity (Wildman–Crippen MR) is 75.9 cm³/mol. The SMILES string of the molecule is O=C(C1CC1)N1CCC2(CC1)CC(S)(I)C2. The molecular weight excluding hydrogens is 333 g/mol. The second-order valence-corrected chi connectivity index (χ2v) is 9.65. The van der Waals surface area contributed by atoms with Gasteiger partial charge in [0.05, 0.1) is 2.75 Å². The summed E-state index contributed by atoms with van der Waals surface area (Å²) >= 11 is 7.10. The van der Waals surface area contributed by atoms with Gasteiger partial charge in [0.2, 0.25) is 5.91 Å². The topological polar surface area (TPSA) is 20.3 Å². The van der Waals surface area contributed by atoms with E-state index in [1.54, 1.807) is 0 Å². The maximum Gasteiger partial charge on any atom is 0.225 e. The van der Waals surface area contributed by atoms with Crippen LogP contribution in [0.2, 0.25) is 0 Å². The molecule has 0 unspecified atom stereocenters. The van der Waals surface area contributed by atoms with Crippen molar-refractivity contribution >= 4 is 41.1 Å². The summed E-state index contributed by atoms with van der Waals surface area (Å²) in [5.74, 6) is 0.824. The van der Waals surface area contributed by atoms with Crippen molar-refractivity contribution in [3.63, 3.8) is 0 Å². The van der Waals surface area contributed by atoms with Crippen LogP contribution in [-0.4, -0.2) is 26.7 Å². The van der Waals surface area contributed by atoms with Crippen molar-refractivity contribution in [1.29, 1.82) is 0 Å². The number of carbonyl (C=O) groups is 1. The van der Waals surface area contributed by atoms with Gasteiger partial charge >= 0.3 is 0 Å². The van der Waals surface area contributed by atoms with Crippen molar-refractivity contribution in [2.75, 3.05) is 13.1 Å². The number of carbonyl (C=O) groups excluding carboxylic acids is 1. The van der Waals surface area contributed by atoms with Crippen molar-refractivity contribution in [3.8, 4) is 0 Å². The van der Waals surface area contributed by atoms with E-state index in [-0.39, 0.29) is 2.75 Å². The third-order valence-corrected chi connectivity index (χ3v) is 5.43. The molecule has 1 heterocycles. The van der Waals surface area contributed by atoms with Crippen LogP contribution in [-0.2, 0) is 4.79 Å². The summed E-state index contributed by atoms with van der Waals surface area (Å²) in [5.41, 5.74) is 0.531. The molecule has 0 aromatic carbocycles. The minimum Gasteiger partial charge on any atom is -0.342 e. The van der Waals surface area contributed by atoms with Crippen LogP contribution in [0.15, 0.2) is 0 Å². The molecule has 0 aromatic rings. The first-order chi connectivity index (χ1) is 7.50. The van der Waals surface area contributed by atoms with Crippen LogP contribution < -0.4 is 0 Å². The predicted octanol–water partition coefficient (Wildman–Crippen LogP) is 2.86. The molecule has 1 spiro atoms. The summed E-state index contributed by atoms with van der Waals surface area (Å²) < 4.78 is 0.237. The van der Waals surface area contributed by atoms with Crippen molar-refractivity contribution in [2.45, 2.75) is 41.3 Å². The fourth-order valence-electron chi connectivity index (χ4n) is 3.24. The minimum atomic E-state index is 0.237. The van der Waals surface area contributed by atoms with Crippen molar-refractivity contribution in [3.05, 3.63) is 0 Å². The van der Waals surface area contributed by atoms with Gasteiger partial charge in [0.15, 0.2) is 0 Å². The van der Waals surface area contributed by atoms with E-state index in [0.717, 1.165) is 25.9 Å². The molecular formula is C12H18INOS. The number of amides is 1. The van der Waals surface area contributed by atoms with Gasteiger partial charge in [-0.3, -0.25) is 4.79 Å². The van der Waals surface area contributed by atoms with Gasteiger partial charge in [-0.15, -0.1) is 0 Å². The summed E-state index contributed by atoms with van der Waals surface area (Å²) in [6.07, 6.45) is 7.14. The lowest BCUT2D eigenvalue weighted by molar-refractivity contribution is -0.135. The zero-order valence-corrected chi connectivity index (χ0v) is 12.5. The number of hydrogen-bond donors (Lipinski definition) is 1. The zero-order chi connectivity index (χ0) is 11.4. The fraction of sp³-hybridized carbons (Fsp3) is 0.917. The van der Waals surface area contributed by atoms with Crippen LogP contribution in [0.25, 0.3) is 0 Å². The average Bonchev–Trinajstić information content (AvgIpc) is 2.98. The molecule has 2 aliphatic carbocycles. The number of likely N-dealkylation sites (tertiary alicyclic amines) is 1. The van der Waals surface area contributed by atoms with Crippen LogP contribution in [0.1, 0.15) is 38.5 Å². The van der Waals surface area contributed by atoms with Gasteiger partial charge in [-0.05, 0) is 43.9 Å². The minimum absolute atomic E-state index is 0.237. The van der Waals surface area contributed by atoms with E-state index in [1.807, 2.05) is 0 Å². The van der Waals surface area contributed by atoms with Crippen molar-refractivity contribution in [2.24, 2.45) is 11.3 Å². The van der Waals surface area contributed by atoms with Crippen LogP contribution in [0.5, 0.6) is 0 Å². The Morgan fingerprint density at radius 2 is 1.81 bits per heavy atom. The number of piperidine rings is 1. The van der Waals surface area contributed by atoms with Crippen LogP contribution >= 0.6 is 35.2 Å². The van der Waals surface area contributed by atoms with E-state index in [4.69, 9.17) is 0 Å². The van der Waals surface area contributed by atoms with Gasteiger partial charge in [0.25, 0.3) is 0 Å². The first-order valence-corrected chi connectivity index (χ1v) is 7.73. The highest BCUT2D eigenvalue weighted by molar-refractivity contribution is 14.1. The molecule has 3 fully saturated rings. The van der Waals surface area contributed by atoms with E-state index < -0.39 is 0 Å². The van der Waals surface area contributed by atoms with Gasteiger partial charge in [-0.2, -0.15) is 12.6 Å². The smallest absolute Gasteiger partial charge is 0.225 e. The molecule has 1 amide bonds. The van der Waals surface area contributed by atoms with Crippen molar-refractivity contribution < 1.29 is 4.79 Å². The molecule has 3 rings (SSSR count). The van der Waals surface area contributed by atoms with Gasteiger partial charge in [0.1, 0.15) is 0 Å². The Balaban J connectivity index is 1.54. The molecule has 0 radical (unpaired) electrons. The molecule has 2 saturated carbocycles. The summed E-state index contributed by atoms with van der Waals surface area (Å²) in [6.45, 7) is 1.99. The molecule has 16 heavy (non-hydrogen) atoms. The van der Waals surface area contributed by atoms with Crippen LogP contribution in [0.4, 0.5) is 0 Å². The lowest BCUT2D eigenvalue weighted by Gasteiger charge is -2.55. The highest BCUT2D eigenvalue weighted by Gasteiger charge is 2.52. The molecule has 1 aliphatic heterocycles. The Labute approximate surface area is 116 Å². The van der Waals surface area contributed by atoms with Crippen LogP contribution in [0.3, 0.4) is 0 Å². The lowest BCUT2D eigenvalue weighted by Crippen LogP contribution is -2.52. The Bertz CT molecular complexity index is 309. The molecule has 0 bridgehead atoms. The Morgan fingerprint density at radius 1 is 1.25 bits per heavy atom. The molecule has 0 atom stereocenters. The maximum atomic E-state index is 11.9. The summed E-state index contributed by atoms with van der Waals surface area (Å²) in [5, 5.41) is 0. The number of thiol groups is 1. The summed E-state index contributed by atoms with van der Waals surface area (Å²) in [7, 11) is 0. The molecule has 90 valence electrons. The largest absolute Gasteiger partial charge is 0.342 e. The zero-order valence-electron chi connectivity index (χ0n) is 9.41. The van der Waals surface area contributed by atoms with Gasteiger partial charge in [-0.1, -0.05) is 22.6 Å². The highest BCUT2D eigenvalue weighted by atomic mass is 127. The number of alkyl halides is 1. The van der Waals surface area contributed by atoms with E-state index in [1.165, 1.54) is 25.7 Å². The Kier molecular flexibility index (Phi) is 2.74. The first kappa shape index (κ1) is 11.6. The Hall–Kier alpha value is 0.550. The van der Waals surface area contributed by atoms with Gasteiger partial charge in [-0.25, -0.2) is 0 Å². The van der Waals surface area contributed by atoms with Gasteiger partial charge < -0.3 is 4.90 Å². The van der Waals surface area contributed by atoms with E-state index in [0.29, 0.717) is 17.2 Å². The lowest BCUT2D eigenvalue weighted by atomic mass is 9.63. The van der Waals surface area contributed by atoms with Crippen molar-refractivity contribution in [1.82, 2.24) is 4.90 Å². The Morgan fingerprint density at radius 3 is 2.25 bits per heavy atom. The van der Waals surface area contributed by atoms with Crippen LogP contribution in [0, 0.1) is 11.3 Å². The number of nitrogens with zero attached hydrogens (tertiary/aromatic N) is 1. The molecule has 0 N–H and O–H groups in total. The van der Waals surface area contributed by atoms with Gasteiger partial charge in [0, 0.05) is 19.0 Å². The molecule has 1 saturated heterocycles. The number of hydrogen-bond acceptors (Lipinski definition) is 2. The fourth-order valence-corrected chi connectivity index (χ4v) is 5.53. The first-order valence-electron chi connectivity index (χ1n) is 6.20. The number of halogens is 1. The second kappa shape index (κ2) is 3.77. The average molecular weight is 351 g/mol. The highest BCUT2D eigenvalue weighted by Crippen LogP contribution is 2.60. The maximum absolute atomic E-state index is 11.9. The standard InChI is InChI=1S/C12H18INOS/c13-12(16)7-11(8-12)3-5-14(6-4-11)10(15)9-1-2-9/h9,16H,1-8H2. The normalized spacial score (nSPS) is 31.2. The molecule has 2 nitrogen and oxygen atoms in total. The third kappa shape index (κ3) is 2.11. The second-order valence-electron chi connectivity index (χ2n) is 5.87. The van der Waals surface area contributed by atoms with E-state index >= 15 is 0 Å². The van der Waals surface area contributed by atoms with E-state index in [2.05, 4.69) is 40.1 Å². The third-order valence-electron chi connectivity index (χ3n) is 4.35. The molecule has 4 heteroatoms. The summed E-state index contributed by atoms with van der Waals surface area (Å²) in [4.78, 5) is 14.0.